The number of hydrogen-bond donors (Lipinski definition) is 4. The molecule has 0 aromatic heterocycles. The van der Waals surface area contributed by atoms with Crippen LogP contribution in [0.25, 0.3) is 6.08 Å². The van der Waals surface area contributed by atoms with Gasteiger partial charge in [-0.2, -0.15) is 5.26 Å². The Balaban J connectivity index is 1.84. The molecule has 0 spiro atoms. The zero-order valence-electron chi connectivity index (χ0n) is 22.3. The third-order valence-corrected chi connectivity index (χ3v) is 8.20. The summed E-state index contributed by atoms with van der Waals surface area (Å²) in [6.45, 7) is 5.00. The number of phenols is 3. The number of nitriles is 1. The second kappa shape index (κ2) is 9.03. The van der Waals surface area contributed by atoms with E-state index in [0.717, 1.165) is 11.1 Å². The molecule has 4 N–H and O–H groups in total. The highest BCUT2D eigenvalue weighted by molar-refractivity contribution is 5.77. The molecule has 0 aliphatic carbocycles. The van der Waals surface area contributed by atoms with Crippen LogP contribution < -0.4 is 14.8 Å². The van der Waals surface area contributed by atoms with Crippen LogP contribution in [-0.4, -0.2) is 70.9 Å². The summed E-state index contributed by atoms with van der Waals surface area (Å²) in [4.78, 5) is 16.0. The Bertz CT molecular complexity index is 1430. The maximum Gasteiger partial charge on any atom is 0.216 e. The highest BCUT2D eigenvalue weighted by atomic mass is 16.5. The van der Waals surface area contributed by atoms with Gasteiger partial charge in [-0.15, -0.1) is 0 Å². The van der Waals surface area contributed by atoms with Crippen LogP contribution in [0.5, 0.6) is 28.7 Å². The number of nitrogens with one attached hydrogen (secondary N) is 1. The van der Waals surface area contributed by atoms with Crippen molar-refractivity contribution in [3.05, 3.63) is 45.1 Å². The minimum Gasteiger partial charge on any atom is -0.507 e. The standard InChI is InChI=1S/C28H32N4O6/c1-12-7-15-8-17-19(10-29)32-18(23(31(17)4)21(15)25(35)27(12)37-5)9-16-22(20(32)11-30-14(3)33)26(36)28(38-6)13(2)24(16)34/h7,9,17,19-20,23,34-36H,8,11H2,1-6H3,(H,30,33)/t17-,19-,20?,23-/m0/s1. The predicted octanol–water partition coefficient (Wildman–Crippen LogP) is 2.77. The Labute approximate surface area is 221 Å². The van der Waals surface area contributed by atoms with Gasteiger partial charge in [0, 0.05) is 47.5 Å². The molecule has 5 rings (SSSR count). The molecule has 0 saturated carbocycles. The van der Waals surface area contributed by atoms with Crippen molar-refractivity contribution in [1.82, 2.24) is 15.1 Å². The number of fused-ring (bicyclic) bond motifs is 7. The number of aryl methyl sites for hydroxylation is 1. The molecule has 1 amide bonds. The number of carbonyl (C=O) groups is 1. The second-order valence-electron chi connectivity index (χ2n) is 10.2. The summed E-state index contributed by atoms with van der Waals surface area (Å²) in [5.74, 6) is 0.0846. The van der Waals surface area contributed by atoms with Crippen LogP contribution in [0.15, 0.2) is 11.8 Å². The van der Waals surface area contributed by atoms with Gasteiger partial charge in [-0.1, -0.05) is 6.07 Å². The zero-order chi connectivity index (χ0) is 27.6. The van der Waals surface area contributed by atoms with E-state index in [1.165, 1.54) is 21.1 Å². The Morgan fingerprint density at radius 3 is 2.39 bits per heavy atom. The van der Waals surface area contributed by atoms with Gasteiger partial charge in [0.1, 0.15) is 11.8 Å². The summed E-state index contributed by atoms with van der Waals surface area (Å²) >= 11 is 0. The highest BCUT2D eigenvalue weighted by Gasteiger charge is 2.53. The number of aromatic hydroxyl groups is 3. The van der Waals surface area contributed by atoms with E-state index in [0.29, 0.717) is 40.1 Å². The fraction of sp³-hybridized carbons (Fsp3) is 0.429. The average molecular weight is 521 g/mol. The van der Waals surface area contributed by atoms with Crippen molar-refractivity contribution in [3.63, 3.8) is 0 Å². The maximum atomic E-state index is 12.0. The van der Waals surface area contributed by atoms with Crippen LogP contribution in [-0.2, 0) is 11.2 Å². The number of ether oxygens (including phenoxy) is 2. The first kappa shape index (κ1) is 25.5. The number of benzene rings is 2. The van der Waals surface area contributed by atoms with Gasteiger partial charge in [0.25, 0.3) is 0 Å². The van der Waals surface area contributed by atoms with Gasteiger partial charge in [-0.05, 0) is 44.5 Å². The van der Waals surface area contributed by atoms with Crippen molar-refractivity contribution in [2.45, 2.75) is 51.4 Å². The van der Waals surface area contributed by atoms with Gasteiger partial charge < -0.3 is 35.0 Å². The summed E-state index contributed by atoms with van der Waals surface area (Å²) in [5.41, 5.74) is 4.20. The molecular weight excluding hydrogens is 488 g/mol. The highest BCUT2D eigenvalue weighted by Crippen LogP contribution is 2.57. The van der Waals surface area contributed by atoms with E-state index in [9.17, 15) is 25.4 Å². The topological polar surface area (TPSA) is 139 Å². The quantitative estimate of drug-likeness (QED) is 0.448. The molecule has 3 aliphatic heterocycles. The largest absolute Gasteiger partial charge is 0.507 e. The summed E-state index contributed by atoms with van der Waals surface area (Å²) in [6.07, 6.45) is 2.28. The number of piperazine rings is 1. The lowest BCUT2D eigenvalue weighted by atomic mass is 9.75. The van der Waals surface area contributed by atoms with E-state index < -0.39 is 18.1 Å². The van der Waals surface area contributed by atoms with E-state index in [1.54, 1.807) is 13.0 Å². The number of likely N-dealkylation sites (N-methyl/N-ethyl adjacent to an activating group) is 1. The molecule has 3 aliphatic rings. The molecule has 38 heavy (non-hydrogen) atoms. The fourth-order valence-electron chi connectivity index (χ4n) is 6.54. The first-order valence-corrected chi connectivity index (χ1v) is 12.4. The van der Waals surface area contributed by atoms with Gasteiger partial charge in [0.15, 0.2) is 23.0 Å². The third-order valence-electron chi connectivity index (χ3n) is 8.20. The Kier molecular flexibility index (Phi) is 6.07. The molecule has 10 heteroatoms. The number of methoxy groups -OCH3 is 2. The second-order valence-corrected chi connectivity index (χ2v) is 10.2. The lowest BCUT2D eigenvalue weighted by Crippen LogP contribution is -2.62. The van der Waals surface area contributed by atoms with Crippen molar-refractivity contribution >= 4 is 12.0 Å². The van der Waals surface area contributed by atoms with Crippen LogP contribution in [0.3, 0.4) is 0 Å². The van der Waals surface area contributed by atoms with E-state index in [2.05, 4.69) is 16.3 Å². The smallest absolute Gasteiger partial charge is 0.216 e. The van der Waals surface area contributed by atoms with E-state index >= 15 is 0 Å². The van der Waals surface area contributed by atoms with Crippen LogP contribution in [0, 0.1) is 25.2 Å². The van der Waals surface area contributed by atoms with Crippen molar-refractivity contribution in [2.75, 3.05) is 27.8 Å². The maximum absolute atomic E-state index is 12.0. The van der Waals surface area contributed by atoms with Gasteiger partial charge in [0.2, 0.25) is 5.91 Å². The lowest BCUT2D eigenvalue weighted by Gasteiger charge is -2.57. The SMILES string of the molecule is COc1c(C)cc2c(c1O)[C@@H]1C3=Cc4c(O)c(C)c(OC)c(O)c4C(CNC(C)=O)N3[C@@H](C#N)[C@H](C2)N1C. The first-order chi connectivity index (χ1) is 18.1. The molecule has 0 radical (unpaired) electrons. The molecule has 1 saturated heterocycles. The van der Waals surface area contributed by atoms with Gasteiger partial charge >= 0.3 is 0 Å². The van der Waals surface area contributed by atoms with E-state index in [-0.39, 0.29) is 41.5 Å². The van der Waals surface area contributed by atoms with Crippen molar-refractivity contribution in [1.29, 1.82) is 5.26 Å². The Hall–Kier alpha value is -4.10. The summed E-state index contributed by atoms with van der Waals surface area (Å²) in [5, 5.41) is 47.3. The number of hydrogen-bond acceptors (Lipinski definition) is 9. The Morgan fingerprint density at radius 1 is 1.13 bits per heavy atom. The fourth-order valence-corrected chi connectivity index (χ4v) is 6.54. The van der Waals surface area contributed by atoms with E-state index in [4.69, 9.17) is 9.47 Å². The minimum atomic E-state index is -0.686. The molecule has 10 nitrogen and oxygen atoms in total. The number of phenolic OH excluding ortho intramolecular Hbond substituents is 3. The summed E-state index contributed by atoms with van der Waals surface area (Å²) in [7, 11) is 4.84. The third kappa shape index (κ3) is 3.38. The first-order valence-electron chi connectivity index (χ1n) is 12.4. The van der Waals surface area contributed by atoms with Crippen molar-refractivity contribution in [3.8, 4) is 34.8 Å². The molecule has 2 bridgehead atoms. The van der Waals surface area contributed by atoms with Crippen LogP contribution in [0.4, 0.5) is 0 Å². The Morgan fingerprint density at radius 2 is 1.79 bits per heavy atom. The lowest BCUT2D eigenvalue weighted by molar-refractivity contribution is -0.119. The van der Waals surface area contributed by atoms with Crippen molar-refractivity contribution in [2.24, 2.45) is 0 Å². The van der Waals surface area contributed by atoms with Crippen LogP contribution >= 0.6 is 0 Å². The monoisotopic (exact) mass is 520 g/mol. The van der Waals surface area contributed by atoms with Crippen LogP contribution in [0.2, 0.25) is 0 Å². The summed E-state index contributed by atoms with van der Waals surface area (Å²) in [6, 6.07) is 2.40. The zero-order valence-corrected chi connectivity index (χ0v) is 22.3. The number of carbonyl (C=O) groups excluding carboxylic acids is 1. The number of amides is 1. The van der Waals surface area contributed by atoms with E-state index in [1.807, 2.05) is 24.9 Å². The van der Waals surface area contributed by atoms with Gasteiger partial charge in [0.05, 0.1) is 32.4 Å². The molecule has 200 valence electrons. The normalized spacial score (nSPS) is 23.4. The molecule has 4 atom stereocenters. The van der Waals surface area contributed by atoms with Gasteiger partial charge in [-0.3, -0.25) is 9.69 Å². The minimum absolute atomic E-state index is 0.0382. The summed E-state index contributed by atoms with van der Waals surface area (Å²) < 4.78 is 10.9. The molecular formula is C28H32N4O6. The van der Waals surface area contributed by atoms with Crippen molar-refractivity contribution < 1.29 is 29.6 Å². The number of nitrogens with zero attached hydrogens (tertiary/aromatic N) is 3. The predicted molar refractivity (Wildman–Crippen MR) is 139 cm³/mol. The van der Waals surface area contributed by atoms with Gasteiger partial charge in [-0.25, -0.2) is 0 Å². The molecule has 1 unspecified atom stereocenters. The number of rotatable bonds is 4. The molecule has 2 aromatic rings. The molecule has 2 aromatic carbocycles. The molecule has 3 heterocycles. The average Bonchev–Trinajstić information content (AvgIpc) is 2.86. The molecule has 1 fully saturated rings. The van der Waals surface area contributed by atoms with Crippen LogP contribution in [0.1, 0.15) is 52.4 Å².